The van der Waals surface area contributed by atoms with Gasteiger partial charge in [-0.1, -0.05) is 18.2 Å². The van der Waals surface area contributed by atoms with Crippen LogP contribution in [0.1, 0.15) is 16.5 Å². The average Bonchev–Trinajstić information content (AvgIpc) is 2.93. The zero-order chi connectivity index (χ0) is 12.8. The summed E-state index contributed by atoms with van der Waals surface area (Å²) in [7, 11) is 1.67. The molecule has 18 heavy (non-hydrogen) atoms. The van der Waals surface area contributed by atoms with Gasteiger partial charge in [0.05, 0.1) is 7.11 Å². The molecule has 0 radical (unpaired) electrons. The van der Waals surface area contributed by atoms with Crippen molar-refractivity contribution < 1.29 is 4.74 Å². The van der Waals surface area contributed by atoms with Crippen LogP contribution in [0.15, 0.2) is 41.8 Å². The van der Waals surface area contributed by atoms with Gasteiger partial charge in [0, 0.05) is 24.0 Å². The smallest absolute Gasteiger partial charge is 0.118 e. The normalized spacial score (nSPS) is 12.3. The average molecular weight is 262 g/mol. The molecule has 0 saturated heterocycles. The van der Waals surface area contributed by atoms with Gasteiger partial charge in [-0.15, -0.1) is 11.3 Å². The van der Waals surface area contributed by atoms with Gasteiger partial charge < -0.3 is 15.8 Å². The molecule has 2 rings (SSSR count). The first-order valence-electron chi connectivity index (χ1n) is 5.93. The minimum absolute atomic E-state index is 0.179. The highest BCUT2D eigenvalue weighted by molar-refractivity contribution is 7.09. The first-order valence-corrected chi connectivity index (χ1v) is 6.81. The maximum absolute atomic E-state index is 5.82. The van der Waals surface area contributed by atoms with Gasteiger partial charge in [0.25, 0.3) is 0 Å². The van der Waals surface area contributed by atoms with Crippen molar-refractivity contribution in [2.75, 3.05) is 13.7 Å². The Balaban J connectivity index is 1.98. The summed E-state index contributed by atoms with van der Waals surface area (Å²) < 4.78 is 5.15. The fraction of sp³-hybridized carbons (Fsp3) is 0.286. The van der Waals surface area contributed by atoms with Crippen LogP contribution in [-0.4, -0.2) is 13.7 Å². The van der Waals surface area contributed by atoms with Crippen LogP contribution in [0.4, 0.5) is 0 Å². The van der Waals surface area contributed by atoms with Crippen LogP contribution in [0.3, 0.4) is 0 Å². The van der Waals surface area contributed by atoms with Crippen molar-refractivity contribution in [1.82, 2.24) is 5.32 Å². The molecule has 3 nitrogen and oxygen atoms in total. The molecule has 0 spiro atoms. The maximum atomic E-state index is 5.82. The topological polar surface area (TPSA) is 47.3 Å². The molecule has 0 amide bonds. The second-order valence-electron chi connectivity index (χ2n) is 4.02. The minimum Gasteiger partial charge on any atom is -0.497 e. The van der Waals surface area contributed by atoms with E-state index in [9.17, 15) is 0 Å². The third-order valence-corrected chi connectivity index (χ3v) is 3.73. The Morgan fingerprint density at radius 3 is 2.61 bits per heavy atom. The van der Waals surface area contributed by atoms with Crippen LogP contribution in [0.2, 0.25) is 0 Å². The number of nitrogens with two attached hydrogens (primary N) is 1. The van der Waals surface area contributed by atoms with Gasteiger partial charge in [-0.25, -0.2) is 0 Å². The molecule has 96 valence electrons. The van der Waals surface area contributed by atoms with Gasteiger partial charge in [-0.05, 0) is 29.1 Å². The number of ether oxygens (including phenoxy) is 1. The van der Waals surface area contributed by atoms with E-state index >= 15 is 0 Å². The van der Waals surface area contributed by atoms with E-state index in [4.69, 9.17) is 10.5 Å². The van der Waals surface area contributed by atoms with Gasteiger partial charge in [0.1, 0.15) is 5.75 Å². The molecule has 1 aromatic carbocycles. The number of hydrogen-bond donors (Lipinski definition) is 2. The molecule has 0 fully saturated rings. The first kappa shape index (κ1) is 13.1. The molecular formula is C14H18N2OS. The fourth-order valence-corrected chi connectivity index (χ4v) is 2.47. The van der Waals surface area contributed by atoms with E-state index in [-0.39, 0.29) is 6.04 Å². The maximum Gasteiger partial charge on any atom is 0.118 e. The summed E-state index contributed by atoms with van der Waals surface area (Å²) in [5.41, 5.74) is 7.01. The van der Waals surface area contributed by atoms with Crippen LogP contribution in [0.5, 0.6) is 5.75 Å². The number of hydrogen-bond acceptors (Lipinski definition) is 4. The van der Waals surface area contributed by atoms with Crippen LogP contribution >= 0.6 is 11.3 Å². The van der Waals surface area contributed by atoms with E-state index in [1.807, 2.05) is 12.1 Å². The van der Waals surface area contributed by atoms with Crippen molar-refractivity contribution in [3.05, 3.63) is 52.2 Å². The quantitative estimate of drug-likeness (QED) is 0.841. The summed E-state index contributed by atoms with van der Waals surface area (Å²) in [6.45, 7) is 1.43. The lowest BCUT2D eigenvalue weighted by molar-refractivity contribution is 0.414. The molecule has 0 saturated carbocycles. The Hall–Kier alpha value is -1.36. The molecule has 1 aromatic heterocycles. The van der Waals surface area contributed by atoms with Gasteiger partial charge in [0.15, 0.2) is 0 Å². The van der Waals surface area contributed by atoms with E-state index < -0.39 is 0 Å². The largest absolute Gasteiger partial charge is 0.497 e. The predicted octanol–water partition coefficient (Wildman–Crippen LogP) is 2.55. The Bertz CT molecular complexity index is 453. The summed E-state index contributed by atoms with van der Waals surface area (Å²) in [6.07, 6.45) is 0. The van der Waals surface area contributed by atoms with E-state index in [1.54, 1.807) is 18.4 Å². The lowest BCUT2D eigenvalue weighted by Gasteiger charge is -2.17. The van der Waals surface area contributed by atoms with E-state index in [0.717, 1.165) is 12.3 Å². The molecule has 1 heterocycles. The van der Waals surface area contributed by atoms with Crippen molar-refractivity contribution in [3.63, 3.8) is 0 Å². The second kappa shape index (κ2) is 6.54. The zero-order valence-corrected chi connectivity index (χ0v) is 11.2. The minimum atomic E-state index is 0.179. The predicted molar refractivity (Wildman–Crippen MR) is 75.9 cm³/mol. The Kier molecular flexibility index (Phi) is 4.75. The van der Waals surface area contributed by atoms with Crippen molar-refractivity contribution in [1.29, 1.82) is 0 Å². The standard InChI is InChI=1S/C14H18N2OS/c1-17-12-6-4-11(5-7-12)14(9-15)16-10-13-3-2-8-18-13/h2-8,14,16H,9-10,15H2,1H3. The van der Waals surface area contributed by atoms with E-state index in [1.165, 1.54) is 10.4 Å². The van der Waals surface area contributed by atoms with E-state index in [2.05, 4.69) is 35.0 Å². The molecule has 1 unspecified atom stereocenters. The Morgan fingerprint density at radius 2 is 2.06 bits per heavy atom. The van der Waals surface area contributed by atoms with Crippen LogP contribution in [0, 0.1) is 0 Å². The molecular weight excluding hydrogens is 244 g/mol. The number of nitrogens with one attached hydrogen (secondary N) is 1. The number of benzene rings is 1. The van der Waals surface area contributed by atoms with Crippen LogP contribution in [0.25, 0.3) is 0 Å². The van der Waals surface area contributed by atoms with Gasteiger partial charge >= 0.3 is 0 Å². The summed E-state index contributed by atoms with van der Waals surface area (Å²) in [5.74, 6) is 0.868. The van der Waals surface area contributed by atoms with Crippen LogP contribution < -0.4 is 15.8 Å². The summed E-state index contributed by atoms with van der Waals surface area (Å²) in [5, 5.41) is 5.56. The highest BCUT2D eigenvalue weighted by Gasteiger charge is 2.09. The SMILES string of the molecule is COc1ccc(C(CN)NCc2cccs2)cc1. The Morgan fingerprint density at radius 1 is 1.28 bits per heavy atom. The van der Waals surface area contributed by atoms with E-state index in [0.29, 0.717) is 6.54 Å². The third kappa shape index (κ3) is 3.32. The van der Waals surface area contributed by atoms with Crippen molar-refractivity contribution in [2.45, 2.75) is 12.6 Å². The van der Waals surface area contributed by atoms with Crippen molar-refractivity contribution in [2.24, 2.45) is 5.73 Å². The second-order valence-corrected chi connectivity index (χ2v) is 5.05. The summed E-state index contributed by atoms with van der Waals surface area (Å²) in [6, 6.07) is 12.4. The molecule has 4 heteroatoms. The molecule has 0 bridgehead atoms. The molecule has 0 aliphatic heterocycles. The lowest BCUT2D eigenvalue weighted by atomic mass is 10.1. The highest BCUT2D eigenvalue weighted by Crippen LogP contribution is 2.18. The highest BCUT2D eigenvalue weighted by atomic mass is 32.1. The van der Waals surface area contributed by atoms with Crippen molar-refractivity contribution >= 4 is 11.3 Å². The van der Waals surface area contributed by atoms with Gasteiger partial charge in [-0.2, -0.15) is 0 Å². The number of methoxy groups -OCH3 is 1. The molecule has 1 atom stereocenters. The zero-order valence-electron chi connectivity index (χ0n) is 10.4. The first-order chi connectivity index (χ1) is 8.83. The molecule has 0 aliphatic rings. The monoisotopic (exact) mass is 262 g/mol. The lowest BCUT2D eigenvalue weighted by Crippen LogP contribution is -2.27. The Labute approximate surface area is 112 Å². The molecule has 3 N–H and O–H groups in total. The summed E-state index contributed by atoms with van der Waals surface area (Å²) >= 11 is 1.75. The summed E-state index contributed by atoms with van der Waals surface area (Å²) in [4.78, 5) is 1.32. The van der Waals surface area contributed by atoms with Crippen molar-refractivity contribution in [3.8, 4) is 5.75 Å². The van der Waals surface area contributed by atoms with Gasteiger partial charge in [-0.3, -0.25) is 0 Å². The molecule has 0 aliphatic carbocycles. The fourth-order valence-electron chi connectivity index (χ4n) is 1.81. The molecule has 2 aromatic rings. The third-order valence-electron chi connectivity index (χ3n) is 2.86. The number of thiophene rings is 1. The number of rotatable bonds is 6. The van der Waals surface area contributed by atoms with Gasteiger partial charge in [0.2, 0.25) is 0 Å². The van der Waals surface area contributed by atoms with Crippen LogP contribution in [-0.2, 0) is 6.54 Å².